The summed E-state index contributed by atoms with van der Waals surface area (Å²) in [5.41, 5.74) is 0. The van der Waals surface area contributed by atoms with E-state index in [1.165, 1.54) is 0 Å². The van der Waals surface area contributed by atoms with Gasteiger partial charge in [0.1, 0.15) is 0 Å². The van der Waals surface area contributed by atoms with Crippen molar-refractivity contribution in [1.82, 2.24) is 0 Å². The first-order chi connectivity index (χ1) is 8.38. The number of aliphatic carboxylic acids is 1. The van der Waals surface area contributed by atoms with Crippen LogP contribution in [0.5, 0.6) is 0 Å². The lowest BCUT2D eigenvalue weighted by Gasteiger charge is -2.42. The Labute approximate surface area is 119 Å². The molecule has 0 aliphatic heterocycles. The van der Waals surface area contributed by atoms with Gasteiger partial charge in [0, 0.05) is 12.5 Å². The van der Waals surface area contributed by atoms with Gasteiger partial charge in [-0.15, -0.1) is 0 Å². The molecule has 0 radical (unpaired) electrons. The number of carboxylic acid groups (broad SMARTS) is 1. The second-order valence-corrected chi connectivity index (χ2v) is 12.3. The molecule has 114 valence electrons. The van der Waals surface area contributed by atoms with Gasteiger partial charge in [-0.1, -0.05) is 41.5 Å². The SMILES string of the molecule is CC(C)C(O[Si](C)(C)C(C)(C)C)C(C)CCC(=O)O. The molecule has 0 amide bonds. The van der Waals surface area contributed by atoms with Crippen molar-refractivity contribution >= 4 is 14.3 Å². The Morgan fingerprint density at radius 3 is 2.00 bits per heavy atom. The van der Waals surface area contributed by atoms with E-state index in [-0.39, 0.29) is 23.5 Å². The fourth-order valence-electron chi connectivity index (χ4n) is 1.94. The highest BCUT2D eigenvalue weighted by molar-refractivity contribution is 6.74. The second kappa shape index (κ2) is 6.89. The van der Waals surface area contributed by atoms with E-state index in [2.05, 4.69) is 54.6 Å². The molecule has 0 aliphatic rings. The molecule has 3 nitrogen and oxygen atoms in total. The van der Waals surface area contributed by atoms with Gasteiger partial charge in [-0.25, -0.2) is 0 Å². The standard InChI is InChI=1S/C15H32O3Si/c1-11(2)14(12(3)9-10-13(16)17)18-19(7,8)15(4,5)6/h11-12,14H,9-10H2,1-8H3,(H,16,17). The average molecular weight is 289 g/mol. The van der Waals surface area contributed by atoms with Gasteiger partial charge < -0.3 is 9.53 Å². The van der Waals surface area contributed by atoms with Crippen molar-refractivity contribution in [2.45, 2.75) is 78.6 Å². The number of carboxylic acids is 1. The van der Waals surface area contributed by atoms with E-state index in [4.69, 9.17) is 9.53 Å². The lowest BCUT2D eigenvalue weighted by atomic mass is 9.91. The quantitative estimate of drug-likeness (QED) is 0.700. The van der Waals surface area contributed by atoms with Crippen molar-refractivity contribution in [1.29, 1.82) is 0 Å². The highest BCUT2D eigenvalue weighted by Crippen LogP contribution is 2.39. The zero-order valence-electron chi connectivity index (χ0n) is 13.9. The van der Waals surface area contributed by atoms with Gasteiger partial charge >= 0.3 is 5.97 Å². The summed E-state index contributed by atoms with van der Waals surface area (Å²) in [4.78, 5) is 10.7. The zero-order valence-corrected chi connectivity index (χ0v) is 14.9. The highest BCUT2D eigenvalue weighted by atomic mass is 28.4. The third kappa shape index (κ3) is 6.08. The maximum atomic E-state index is 10.7. The van der Waals surface area contributed by atoms with Gasteiger partial charge in [0.05, 0.1) is 0 Å². The van der Waals surface area contributed by atoms with Crippen LogP contribution in [0.1, 0.15) is 54.4 Å². The van der Waals surface area contributed by atoms with Crippen LogP contribution in [0.2, 0.25) is 18.1 Å². The van der Waals surface area contributed by atoms with Crippen LogP contribution in [0.15, 0.2) is 0 Å². The lowest BCUT2D eigenvalue weighted by Crippen LogP contribution is -2.47. The fourth-order valence-corrected chi connectivity index (χ4v) is 3.48. The monoisotopic (exact) mass is 288 g/mol. The van der Waals surface area contributed by atoms with E-state index >= 15 is 0 Å². The first-order valence-corrected chi connectivity index (χ1v) is 10.2. The molecule has 0 aromatic heterocycles. The summed E-state index contributed by atoms with van der Waals surface area (Å²) in [7, 11) is -1.80. The van der Waals surface area contributed by atoms with Gasteiger partial charge in [0.2, 0.25) is 0 Å². The lowest BCUT2D eigenvalue weighted by molar-refractivity contribution is -0.137. The van der Waals surface area contributed by atoms with Crippen LogP contribution < -0.4 is 0 Å². The Morgan fingerprint density at radius 2 is 1.68 bits per heavy atom. The van der Waals surface area contributed by atoms with Crippen LogP contribution in [0.3, 0.4) is 0 Å². The van der Waals surface area contributed by atoms with Crippen molar-refractivity contribution in [2.75, 3.05) is 0 Å². The summed E-state index contributed by atoms with van der Waals surface area (Å²) in [5.74, 6) is -0.0233. The minimum absolute atomic E-state index is 0.153. The first kappa shape index (κ1) is 18.6. The minimum Gasteiger partial charge on any atom is -0.481 e. The Balaban J connectivity index is 4.79. The van der Waals surface area contributed by atoms with Crippen LogP contribution in [-0.2, 0) is 9.22 Å². The largest absolute Gasteiger partial charge is 0.481 e. The minimum atomic E-state index is -1.80. The number of rotatable bonds is 7. The molecule has 0 aromatic carbocycles. The van der Waals surface area contributed by atoms with Crippen molar-refractivity contribution in [3.05, 3.63) is 0 Å². The smallest absolute Gasteiger partial charge is 0.303 e. The molecule has 19 heavy (non-hydrogen) atoms. The molecule has 0 saturated heterocycles. The van der Waals surface area contributed by atoms with E-state index < -0.39 is 14.3 Å². The molecule has 2 unspecified atom stereocenters. The molecule has 4 heteroatoms. The van der Waals surface area contributed by atoms with Crippen LogP contribution in [0.25, 0.3) is 0 Å². The summed E-state index contributed by atoms with van der Waals surface area (Å²) >= 11 is 0. The van der Waals surface area contributed by atoms with E-state index in [0.717, 1.165) is 0 Å². The van der Waals surface area contributed by atoms with Crippen molar-refractivity contribution < 1.29 is 14.3 Å². The Morgan fingerprint density at radius 1 is 1.21 bits per heavy atom. The summed E-state index contributed by atoms with van der Waals surface area (Å²) in [6, 6.07) is 0. The van der Waals surface area contributed by atoms with Gasteiger partial charge in [-0.05, 0) is 36.4 Å². The topological polar surface area (TPSA) is 46.5 Å². The molecule has 0 heterocycles. The van der Waals surface area contributed by atoms with E-state index in [0.29, 0.717) is 12.3 Å². The third-order valence-corrected chi connectivity index (χ3v) is 8.74. The van der Waals surface area contributed by atoms with Gasteiger partial charge in [-0.2, -0.15) is 0 Å². The maximum absolute atomic E-state index is 10.7. The molecule has 0 rings (SSSR count). The van der Waals surface area contributed by atoms with Crippen LogP contribution in [0, 0.1) is 11.8 Å². The molecule has 0 saturated carbocycles. The summed E-state index contributed by atoms with van der Waals surface area (Å²) in [6.45, 7) is 17.7. The summed E-state index contributed by atoms with van der Waals surface area (Å²) in [6.07, 6.45) is 1.07. The summed E-state index contributed by atoms with van der Waals surface area (Å²) < 4.78 is 6.50. The molecule has 0 bridgehead atoms. The first-order valence-electron chi connectivity index (χ1n) is 7.28. The Hall–Kier alpha value is -0.353. The normalized spacial score (nSPS) is 16.5. The van der Waals surface area contributed by atoms with Gasteiger partial charge in [0.15, 0.2) is 8.32 Å². The predicted molar refractivity (Wildman–Crippen MR) is 82.9 cm³/mol. The van der Waals surface area contributed by atoms with Gasteiger partial charge in [-0.3, -0.25) is 4.79 Å². The van der Waals surface area contributed by atoms with Crippen LogP contribution >= 0.6 is 0 Å². The fraction of sp³-hybridized carbons (Fsp3) is 0.933. The number of hydrogen-bond acceptors (Lipinski definition) is 2. The molecular weight excluding hydrogens is 256 g/mol. The van der Waals surface area contributed by atoms with E-state index in [1.54, 1.807) is 0 Å². The van der Waals surface area contributed by atoms with Crippen molar-refractivity contribution in [3.8, 4) is 0 Å². The predicted octanol–water partition coefficient (Wildman–Crippen LogP) is 4.53. The van der Waals surface area contributed by atoms with E-state index in [9.17, 15) is 4.79 Å². The third-order valence-electron chi connectivity index (χ3n) is 4.27. The molecule has 0 aliphatic carbocycles. The molecule has 2 atom stereocenters. The zero-order chi connectivity index (χ0) is 15.4. The molecule has 0 spiro atoms. The molecular formula is C15H32O3Si. The van der Waals surface area contributed by atoms with Crippen LogP contribution in [0.4, 0.5) is 0 Å². The molecule has 0 aromatic rings. The Bertz CT molecular complexity index is 292. The van der Waals surface area contributed by atoms with Crippen LogP contribution in [-0.4, -0.2) is 25.5 Å². The average Bonchev–Trinajstić information content (AvgIpc) is 2.20. The second-order valence-electron chi connectivity index (χ2n) is 7.50. The number of hydrogen-bond donors (Lipinski definition) is 1. The number of carbonyl (C=O) groups is 1. The highest BCUT2D eigenvalue weighted by Gasteiger charge is 2.40. The van der Waals surface area contributed by atoms with E-state index in [1.807, 2.05) is 0 Å². The Kier molecular flexibility index (Phi) is 6.76. The van der Waals surface area contributed by atoms with Gasteiger partial charge in [0.25, 0.3) is 0 Å². The maximum Gasteiger partial charge on any atom is 0.303 e. The summed E-state index contributed by atoms with van der Waals surface area (Å²) in [5, 5.41) is 9.00. The van der Waals surface area contributed by atoms with Crippen molar-refractivity contribution in [3.63, 3.8) is 0 Å². The molecule has 1 N–H and O–H groups in total. The van der Waals surface area contributed by atoms with Crippen molar-refractivity contribution in [2.24, 2.45) is 11.8 Å². The molecule has 0 fully saturated rings.